The molecule has 0 amide bonds. The van der Waals surface area contributed by atoms with Gasteiger partial charge in [-0.15, -0.1) is 0 Å². The van der Waals surface area contributed by atoms with Crippen molar-refractivity contribution in [2.45, 2.75) is 31.1 Å². The highest BCUT2D eigenvalue weighted by Crippen LogP contribution is 2.39. The van der Waals surface area contributed by atoms with E-state index >= 15 is 0 Å². The molecule has 1 saturated carbocycles. The normalized spacial score (nSPS) is 18.6. The fourth-order valence-electron chi connectivity index (χ4n) is 1.86. The maximum absolute atomic E-state index is 11.9. The van der Waals surface area contributed by atoms with Gasteiger partial charge in [-0.25, -0.2) is 18.1 Å². The smallest absolute Gasteiger partial charge is 0.242 e. The van der Waals surface area contributed by atoms with Crippen molar-refractivity contribution in [3.8, 4) is 0 Å². The van der Waals surface area contributed by atoms with Crippen LogP contribution >= 0.6 is 0 Å². The van der Waals surface area contributed by atoms with E-state index in [2.05, 4.69) is 16.6 Å². The first-order valence-corrected chi connectivity index (χ1v) is 7.11. The lowest BCUT2D eigenvalue weighted by Crippen LogP contribution is -2.39. The summed E-state index contributed by atoms with van der Waals surface area (Å²) in [5.41, 5.74) is 5.54. The fraction of sp³-hybridized carbons (Fsp3) is 0.545. The van der Waals surface area contributed by atoms with Crippen molar-refractivity contribution < 1.29 is 8.42 Å². The van der Waals surface area contributed by atoms with E-state index in [0.717, 1.165) is 12.8 Å². The molecule has 3 N–H and O–H groups in total. The van der Waals surface area contributed by atoms with E-state index in [0.29, 0.717) is 12.4 Å². The quantitative estimate of drug-likeness (QED) is 0.844. The Morgan fingerprint density at radius 2 is 2.18 bits per heavy atom. The number of nitrogens with one attached hydrogen (secondary N) is 1. The monoisotopic (exact) mass is 255 g/mol. The zero-order valence-corrected chi connectivity index (χ0v) is 10.6. The van der Waals surface area contributed by atoms with Crippen LogP contribution in [0.4, 0.5) is 5.82 Å². The largest absolute Gasteiger partial charge is 0.384 e. The van der Waals surface area contributed by atoms with Crippen LogP contribution in [0.3, 0.4) is 0 Å². The van der Waals surface area contributed by atoms with E-state index in [1.807, 2.05) is 0 Å². The minimum Gasteiger partial charge on any atom is -0.384 e. The van der Waals surface area contributed by atoms with Crippen LogP contribution in [-0.4, -0.2) is 19.9 Å². The summed E-state index contributed by atoms with van der Waals surface area (Å²) in [6.45, 7) is 2.58. The van der Waals surface area contributed by atoms with Crippen LogP contribution < -0.4 is 10.5 Å². The third-order valence-electron chi connectivity index (χ3n) is 3.32. The van der Waals surface area contributed by atoms with Crippen molar-refractivity contribution >= 4 is 15.8 Å². The molecule has 1 aromatic rings. The highest BCUT2D eigenvalue weighted by atomic mass is 32.2. The third-order valence-corrected chi connectivity index (χ3v) is 4.71. The van der Waals surface area contributed by atoms with Gasteiger partial charge in [0.2, 0.25) is 10.0 Å². The summed E-state index contributed by atoms with van der Waals surface area (Å²) in [4.78, 5) is 3.94. The van der Waals surface area contributed by atoms with E-state index in [4.69, 9.17) is 5.73 Å². The van der Waals surface area contributed by atoms with Crippen molar-refractivity contribution in [2.24, 2.45) is 5.41 Å². The summed E-state index contributed by atoms with van der Waals surface area (Å²) >= 11 is 0. The highest BCUT2D eigenvalue weighted by molar-refractivity contribution is 7.89. The first-order valence-electron chi connectivity index (χ1n) is 5.63. The van der Waals surface area contributed by atoms with Gasteiger partial charge in [0.05, 0.1) is 0 Å². The number of rotatable bonds is 4. The minimum absolute atomic E-state index is 0.119. The Labute approximate surface area is 101 Å². The lowest BCUT2D eigenvalue weighted by molar-refractivity contribution is 0.166. The number of hydrogen-bond acceptors (Lipinski definition) is 4. The van der Waals surface area contributed by atoms with Crippen LogP contribution in [0.1, 0.15) is 26.2 Å². The zero-order chi connectivity index (χ0) is 12.5. The molecule has 1 aliphatic carbocycles. The molecule has 94 valence electrons. The van der Waals surface area contributed by atoms with Crippen LogP contribution in [0.15, 0.2) is 23.2 Å². The molecule has 0 bridgehead atoms. The molecule has 5 nitrogen and oxygen atoms in total. The van der Waals surface area contributed by atoms with Gasteiger partial charge in [-0.05, 0) is 30.4 Å². The summed E-state index contributed by atoms with van der Waals surface area (Å²) in [6.07, 6.45) is 4.62. The van der Waals surface area contributed by atoms with Crippen LogP contribution in [0.5, 0.6) is 0 Å². The maximum atomic E-state index is 11.9. The van der Waals surface area contributed by atoms with Gasteiger partial charge in [0, 0.05) is 12.7 Å². The van der Waals surface area contributed by atoms with Gasteiger partial charge in [0.1, 0.15) is 10.7 Å². The molecule has 2 rings (SSSR count). The third kappa shape index (κ3) is 2.76. The Morgan fingerprint density at radius 3 is 2.65 bits per heavy atom. The van der Waals surface area contributed by atoms with Crippen LogP contribution in [0, 0.1) is 5.41 Å². The average Bonchev–Trinajstić information content (AvgIpc) is 2.24. The lowest BCUT2D eigenvalue weighted by Gasteiger charge is -2.38. The number of nitrogens with two attached hydrogens (primary N) is 1. The molecule has 0 radical (unpaired) electrons. The average molecular weight is 255 g/mol. The summed E-state index contributed by atoms with van der Waals surface area (Å²) in [5.74, 6) is 0.315. The molecule has 1 aliphatic rings. The van der Waals surface area contributed by atoms with E-state index in [1.165, 1.54) is 24.8 Å². The number of anilines is 1. The van der Waals surface area contributed by atoms with Gasteiger partial charge in [0.15, 0.2) is 0 Å². The molecule has 1 aromatic heterocycles. The topological polar surface area (TPSA) is 85.1 Å². The highest BCUT2D eigenvalue weighted by Gasteiger charge is 2.33. The maximum Gasteiger partial charge on any atom is 0.242 e. The number of sulfonamides is 1. The van der Waals surface area contributed by atoms with Gasteiger partial charge in [-0.1, -0.05) is 13.3 Å². The Balaban J connectivity index is 2.06. The molecular formula is C11H17N3O2S. The Kier molecular flexibility index (Phi) is 3.09. The van der Waals surface area contributed by atoms with E-state index in [9.17, 15) is 8.42 Å². The first kappa shape index (κ1) is 12.3. The Hall–Kier alpha value is -1.14. The number of aromatic nitrogens is 1. The molecule has 0 aromatic carbocycles. The standard InChI is InChI=1S/C11H17N3O2S/c1-11(5-2-6-11)8-14-17(15,16)9-3-4-10(12)13-7-9/h3-4,7,14H,2,5-6,8H2,1H3,(H2,12,13). The zero-order valence-electron chi connectivity index (χ0n) is 9.81. The van der Waals surface area contributed by atoms with Crippen molar-refractivity contribution in [3.63, 3.8) is 0 Å². The van der Waals surface area contributed by atoms with Crippen LogP contribution in [0.25, 0.3) is 0 Å². The molecule has 0 unspecified atom stereocenters. The molecule has 0 saturated heterocycles. The van der Waals surface area contributed by atoms with Gasteiger partial charge >= 0.3 is 0 Å². The van der Waals surface area contributed by atoms with Crippen molar-refractivity contribution in [1.29, 1.82) is 0 Å². The first-order chi connectivity index (χ1) is 7.91. The molecular weight excluding hydrogens is 238 g/mol. The molecule has 17 heavy (non-hydrogen) atoms. The second kappa shape index (κ2) is 4.27. The number of nitrogen functional groups attached to an aromatic ring is 1. The van der Waals surface area contributed by atoms with Gasteiger partial charge in [-0.2, -0.15) is 0 Å². The molecule has 0 aliphatic heterocycles. The number of pyridine rings is 1. The summed E-state index contributed by atoms with van der Waals surface area (Å²) in [5, 5.41) is 0. The minimum atomic E-state index is -3.45. The summed E-state index contributed by atoms with van der Waals surface area (Å²) in [7, 11) is -3.45. The van der Waals surface area contributed by atoms with Gasteiger partial charge < -0.3 is 5.73 Å². The summed E-state index contributed by atoms with van der Waals surface area (Å²) < 4.78 is 26.5. The van der Waals surface area contributed by atoms with E-state index in [-0.39, 0.29) is 10.3 Å². The molecule has 0 atom stereocenters. The molecule has 0 spiro atoms. The van der Waals surface area contributed by atoms with E-state index in [1.54, 1.807) is 0 Å². The predicted octanol–water partition coefficient (Wildman–Crippen LogP) is 1.13. The van der Waals surface area contributed by atoms with Gasteiger partial charge in [-0.3, -0.25) is 0 Å². The SMILES string of the molecule is CC1(CNS(=O)(=O)c2ccc(N)nc2)CCC1. The lowest BCUT2D eigenvalue weighted by atomic mass is 9.71. The van der Waals surface area contributed by atoms with Crippen LogP contribution in [-0.2, 0) is 10.0 Å². The number of hydrogen-bond donors (Lipinski definition) is 2. The Bertz CT molecular complexity index is 492. The van der Waals surface area contributed by atoms with Gasteiger partial charge in [0.25, 0.3) is 0 Å². The summed E-state index contributed by atoms with van der Waals surface area (Å²) in [6, 6.07) is 2.95. The van der Waals surface area contributed by atoms with E-state index < -0.39 is 10.0 Å². The van der Waals surface area contributed by atoms with Crippen molar-refractivity contribution in [3.05, 3.63) is 18.3 Å². The predicted molar refractivity (Wildman–Crippen MR) is 65.8 cm³/mol. The number of nitrogens with zero attached hydrogens (tertiary/aromatic N) is 1. The Morgan fingerprint density at radius 1 is 1.47 bits per heavy atom. The molecule has 1 heterocycles. The fourth-order valence-corrected chi connectivity index (χ4v) is 3.00. The molecule has 1 fully saturated rings. The van der Waals surface area contributed by atoms with Crippen molar-refractivity contribution in [1.82, 2.24) is 9.71 Å². The van der Waals surface area contributed by atoms with Crippen molar-refractivity contribution in [2.75, 3.05) is 12.3 Å². The second-order valence-electron chi connectivity index (χ2n) is 4.91. The van der Waals surface area contributed by atoms with Crippen LogP contribution in [0.2, 0.25) is 0 Å². The molecule has 6 heteroatoms. The second-order valence-corrected chi connectivity index (χ2v) is 6.67.